The fourth-order valence-corrected chi connectivity index (χ4v) is 3.51. The highest BCUT2D eigenvalue weighted by molar-refractivity contribution is 7.86. The van der Waals surface area contributed by atoms with E-state index in [0.29, 0.717) is 13.0 Å². The molecule has 6 heteroatoms. The van der Waals surface area contributed by atoms with Crippen LogP contribution in [0, 0.1) is 6.92 Å². The molecule has 0 aliphatic heterocycles. The molecule has 0 aliphatic carbocycles. The quantitative estimate of drug-likeness (QED) is 0.479. The molecule has 25 heavy (non-hydrogen) atoms. The highest BCUT2D eigenvalue weighted by atomic mass is 32.2. The maximum atomic E-state index is 12.2. The lowest BCUT2D eigenvalue weighted by molar-refractivity contribution is 0.304. The van der Waals surface area contributed by atoms with Crippen LogP contribution in [-0.2, 0) is 20.8 Å². The fourth-order valence-electron chi connectivity index (χ4n) is 2.57. The molecule has 0 radical (unpaired) electrons. The number of rotatable bonds is 7. The first-order chi connectivity index (χ1) is 12.1. The first-order valence-electron chi connectivity index (χ1n) is 8.08. The number of hydrogen-bond acceptors (Lipinski definition) is 4. The van der Waals surface area contributed by atoms with Gasteiger partial charge in [-0.3, -0.25) is 9.17 Å². The molecule has 3 rings (SSSR count). The van der Waals surface area contributed by atoms with Crippen molar-refractivity contribution in [2.45, 2.75) is 24.8 Å². The van der Waals surface area contributed by atoms with Crippen molar-refractivity contribution >= 4 is 10.1 Å². The normalized spacial score (nSPS) is 11.6. The second-order valence-electron chi connectivity index (χ2n) is 5.77. The number of aromatic nitrogens is 2. The third-order valence-corrected chi connectivity index (χ3v) is 5.22. The Kier molecular flexibility index (Phi) is 5.31. The van der Waals surface area contributed by atoms with Gasteiger partial charge in [0.1, 0.15) is 0 Å². The van der Waals surface area contributed by atoms with Crippen LogP contribution in [0.1, 0.15) is 12.0 Å². The SMILES string of the molecule is Cc1ccc(S(=O)(=O)OCCCn2cccc2-c2ccncc2)cc1. The minimum atomic E-state index is -3.70. The Hall–Kier alpha value is -2.44. The van der Waals surface area contributed by atoms with Crippen molar-refractivity contribution in [1.82, 2.24) is 9.55 Å². The molecule has 0 saturated heterocycles. The second kappa shape index (κ2) is 7.63. The van der Waals surface area contributed by atoms with E-state index in [1.807, 2.05) is 37.4 Å². The predicted octanol–water partition coefficient (Wildman–Crippen LogP) is 3.65. The summed E-state index contributed by atoms with van der Waals surface area (Å²) in [6.45, 7) is 2.73. The van der Waals surface area contributed by atoms with Crippen molar-refractivity contribution in [1.29, 1.82) is 0 Å². The van der Waals surface area contributed by atoms with Gasteiger partial charge in [0, 0.05) is 36.4 Å². The van der Waals surface area contributed by atoms with E-state index in [2.05, 4.69) is 9.55 Å². The van der Waals surface area contributed by atoms with Gasteiger partial charge in [-0.05, 0) is 49.7 Å². The van der Waals surface area contributed by atoms with Gasteiger partial charge in [-0.25, -0.2) is 0 Å². The van der Waals surface area contributed by atoms with Gasteiger partial charge in [0.05, 0.1) is 11.5 Å². The summed E-state index contributed by atoms with van der Waals surface area (Å²) in [5.41, 5.74) is 3.16. The smallest absolute Gasteiger partial charge is 0.296 e. The molecule has 1 aromatic carbocycles. The summed E-state index contributed by atoms with van der Waals surface area (Å²) in [5.74, 6) is 0. The Morgan fingerprint density at radius 3 is 2.48 bits per heavy atom. The van der Waals surface area contributed by atoms with Crippen LogP contribution in [0.3, 0.4) is 0 Å². The Morgan fingerprint density at radius 2 is 1.76 bits per heavy atom. The van der Waals surface area contributed by atoms with Gasteiger partial charge >= 0.3 is 0 Å². The number of nitrogens with zero attached hydrogens (tertiary/aromatic N) is 2. The van der Waals surface area contributed by atoms with Crippen LogP contribution in [0.15, 0.2) is 72.0 Å². The van der Waals surface area contributed by atoms with Crippen LogP contribution in [0.5, 0.6) is 0 Å². The summed E-state index contributed by atoms with van der Waals surface area (Å²) in [7, 11) is -3.70. The van der Waals surface area contributed by atoms with E-state index in [1.54, 1.807) is 36.7 Å². The third-order valence-electron chi connectivity index (χ3n) is 3.90. The van der Waals surface area contributed by atoms with Gasteiger partial charge in [0.2, 0.25) is 0 Å². The molecule has 0 saturated carbocycles. The van der Waals surface area contributed by atoms with Crippen LogP contribution >= 0.6 is 0 Å². The molecule has 130 valence electrons. The zero-order chi connectivity index (χ0) is 17.7. The predicted molar refractivity (Wildman–Crippen MR) is 96.6 cm³/mol. The average Bonchev–Trinajstić information content (AvgIpc) is 3.08. The fraction of sp³-hybridized carbons (Fsp3) is 0.211. The number of hydrogen-bond donors (Lipinski definition) is 0. The van der Waals surface area contributed by atoms with Crippen LogP contribution < -0.4 is 0 Å². The van der Waals surface area contributed by atoms with E-state index >= 15 is 0 Å². The monoisotopic (exact) mass is 356 g/mol. The summed E-state index contributed by atoms with van der Waals surface area (Å²) < 4.78 is 31.5. The van der Waals surface area contributed by atoms with Crippen molar-refractivity contribution < 1.29 is 12.6 Å². The standard InChI is InChI=1S/C19H20N2O3S/c1-16-5-7-18(8-6-16)25(22,23)24-15-3-14-21-13-2-4-19(21)17-9-11-20-12-10-17/h2,4-13H,3,14-15H2,1H3. The molecule has 0 amide bonds. The lowest BCUT2D eigenvalue weighted by atomic mass is 10.2. The van der Waals surface area contributed by atoms with Gasteiger partial charge in [-0.1, -0.05) is 17.7 Å². The molecular weight excluding hydrogens is 336 g/mol. The molecule has 5 nitrogen and oxygen atoms in total. The van der Waals surface area contributed by atoms with Gasteiger partial charge in [-0.15, -0.1) is 0 Å². The van der Waals surface area contributed by atoms with E-state index in [4.69, 9.17) is 4.18 Å². The number of pyridine rings is 1. The van der Waals surface area contributed by atoms with Gasteiger partial charge in [-0.2, -0.15) is 8.42 Å². The third kappa shape index (κ3) is 4.35. The molecule has 3 aromatic rings. The lowest BCUT2D eigenvalue weighted by Crippen LogP contribution is -2.10. The zero-order valence-electron chi connectivity index (χ0n) is 14.0. The van der Waals surface area contributed by atoms with Crippen LogP contribution in [-0.4, -0.2) is 24.6 Å². The van der Waals surface area contributed by atoms with E-state index < -0.39 is 10.1 Å². The van der Waals surface area contributed by atoms with E-state index in [1.165, 1.54) is 0 Å². The van der Waals surface area contributed by atoms with Gasteiger partial charge < -0.3 is 4.57 Å². The Bertz CT molecular complexity index is 917. The van der Waals surface area contributed by atoms with Gasteiger partial charge in [0.25, 0.3) is 10.1 Å². The molecule has 2 heterocycles. The van der Waals surface area contributed by atoms with E-state index in [0.717, 1.165) is 16.8 Å². The first kappa shape index (κ1) is 17.4. The van der Waals surface area contributed by atoms with Crippen LogP contribution in [0.2, 0.25) is 0 Å². The highest BCUT2D eigenvalue weighted by Crippen LogP contribution is 2.19. The summed E-state index contributed by atoms with van der Waals surface area (Å²) in [5, 5.41) is 0. The minimum Gasteiger partial charge on any atom is -0.347 e. The van der Waals surface area contributed by atoms with Crippen LogP contribution in [0.4, 0.5) is 0 Å². The molecule has 0 atom stereocenters. The minimum absolute atomic E-state index is 0.143. The van der Waals surface area contributed by atoms with Crippen molar-refractivity contribution in [2.75, 3.05) is 6.61 Å². The summed E-state index contributed by atoms with van der Waals surface area (Å²) in [6, 6.07) is 14.6. The summed E-state index contributed by atoms with van der Waals surface area (Å²) in [4.78, 5) is 4.22. The Morgan fingerprint density at radius 1 is 1.04 bits per heavy atom. The number of benzene rings is 1. The molecule has 0 spiro atoms. The maximum absolute atomic E-state index is 12.2. The molecule has 2 aromatic heterocycles. The molecule has 0 unspecified atom stereocenters. The molecule has 0 aliphatic rings. The zero-order valence-corrected chi connectivity index (χ0v) is 14.8. The van der Waals surface area contributed by atoms with Crippen LogP contribution in [0.25, 0.3) is 11.3 Å². The molecular formula is C19H20N2O3S. The lowest BCUT2D eigenvalue weighted by Gasteiger charge is -2.10. The van der Waals surface area contributed by atoms with Crippen molar-refractivity contribution in [3.8, 4) is 11.3 Å². The molecule has 0 N–H and O–H groups in total. The van der Waals surface area contributed by atoms with Crippen molar-refractivity contribution in [2.24, 2.45) is 0 Å². The van der Waals surface area contributed by atoms with Crippen molar-refractivity contribution in [3.63, 3.8) is 0 Å². The first-order valence-corrected chi connectivity index (χ1v) is 9.49. The topological polar surface area (TPSA) is 61.2 Å². The second-order valence-corrected chi connectivity index (χ2v) is 7.38. The van der Waals surface area contributed by atoms with Crippen molar-refractivity contribution in [3.05, 3.63) is 72.7 Å². The average molecular weight is 356 g/mol. The van der Waals surface area contributed by atoms with Gasteiger partial charge in [0.15, 0.2) is 0 Å². The summed E-state index contributed by atoms with van der Waals surface area (Å²) >= 11 is 0. The van der Waals surface area contributed by atoms with E-state index in [9.17, 15) is 8.42 Å². The Labute approximate surface area is 148 Å². The largest absolute Gasteiger partial charge is 0.347 e. The Balaban J connectivity index is 1.58. The summed E-state index contributed by atoms with van der Waals surface area (Å²) in [6.07, 6.45) is 6.08. The number of aryl methyl sites for hydroxylation is 2. The maximum Gasteiger partial charge on any atom is 0.296 e. The highest BCUT2D eigenvalue weighted by Gasteiger charge is 2.14. The molecule has 0 fully saturated rings. The van der Waals surface area contributed by atoms with E-state index in [-0.39, 0.29) is 11.5 Å². The molecule has 0 bridgehead atoms.